The van der Waals surface area contributed by atoms with E-state index in [9.17, 15) is 0 Å². The average molecular weight is 261 g/mol. The van der Waals surface area contributed by atoms with Crippen molar-refractivity contribution in [3.05, 3.63) is 29.8 Å². The van der Waals surface area contributed by atoms with Gasteiger partial charge >= 0.3 is 7.12 Å². The van der Waals surface area contributed by atoms with Crippen molar-refractivity contribution in [2.45, 2.75) is 58.3 Å². The Morgan fingerprint density at radius 1 is 1.16 bits per heavy atom. The molecule has 1 aromatic rings. The van der Waals surface area contributed by atoms with Crippen LogP contribution in [0.4, 0.5) is 0 Å². The van der Waals surface area contributed by atoms with E-state index in [4.69, 9.17) is 15.0 Å². The Hall–Kier alpha value is -0.835. The molecule has 4 heteroatoms. The maximum absolute atomic E-state index is 6.06. The zero-order valence-corrected chi connectivity index (χ0v) is 12.6. The molecule has 2 rings (SSSR count). The van der Waals surface area contributed by atoms with Crippen LogP contribution < -0.4 is 11.2 Å². The lowest BCUT2D eigenvalue weighted by Gasteiger charge is -2.32. The lowest BCUT2D eigenvalue weighted by Crippen LogP contribution is -2.41. The van der Waals surface area contributed by atoms with Gasteiger partial charge in [0, 0.05) is 6.04 Å². The number of nitrogens with two attached hydrogens (primary N) is 1. The van der Waals surface area contributed by atoms with Gasteiger partial charge in [0.2, 0.25) is 0 Å². The summed E-state index contributed by atoms with van der Waals surface area (Å²) in [5.74, 6) is 0. The smallest absolute Gasteiger partial charge is 0.399 e. The Labute approximate surface area is 116 Å². The van der Waals surface area contributed by atoms with E-state index in [0.717, 1.165) is 11.9 Å². The Balaban J connectivity index is 2.20. The fourth-order valence-corrected chi connectivity index (χ4v) is 2.22. The molecular weight excluding hydrogens is 237 g/mol. The summed E-state index contributed by atoms with van der Waals surface area (Å²) in [7, 11) is -0.293. The van der Waals surface area contributed by atoms with Crippen LogP contribution in [0.1, 0.15) is 40.2 Å². The molecule has 1 aliphatic rings. The minimum atomic E-state index is -0.297. The molecule has 1 fully saturated rings. The van der Waals surface area contributed by atoms with E-state index in [-0.39, 0.29) is 24.4 Å². The topological polar surface area (TPSA) is 44.5 Å². The van der Waals surface area contributed by atoms with Crippen molar-refractivity contribution in [1.29, 1.82) is 0 Å². The molecule has 3 nitrogen and oxygen atoms in total. The number of benzene rings is 1. The summed E-state index contributed by atoms with van der Waals surface area (Å²) in [5.41, 5.74) is 7.55. The van der Waals surface area contributed by atoms with Crippen LogP contribution in [0.5, 0.6) is 0 Å². The van der Waals surface area contributed by atoms with Gasteiger partial charge in [-0.05, 0) is 52.1 Å². The standard InChI is InChI=1S/C15H24BNO2/c1-11(17)9-12-7-6-8-13(10-12)16-18-14(2,3)15(4,5)19-16/h6-8,10-11H,9,17H2,1-5H3/t11-/m1/s1. The lowest BCUT2D eigenvalue weighted by molar-refractivity contribution is 0.00578. The fourth-order valence-electron chi connectivity index (χ4n) is 2.22. The van der Waals surface area contributed by atoms with Crippen LogP contribution in [-0.2, 0) is 15.7 Å². The van der Waals surface area contributed by atoms with E-state index in [0.29, 0.717) is 0 Å². The highest BCUT2D eigenvalue weighted by Gasteiger charge is 2.51. The van der Waals surface area contributed by atoms with Crippen LogP contribution in [-0.4, -0.2) is 24.4 Å². The summed E-state index contributed by atoms with van der Waals surface area (Å²) < 4.78 is 12.1. The second-order valence-electron chi connectivity index (χ2n) is 6.51. The zero-order chi connectivity index (χ0) is 14.3. The Bertz CT molecular complexity index is 441. The molecule has 1 aliphatic heterocycles. The summed E-state index contributed by atoms with van der Waals surface area (Å²) in [4.78, 5) is 0. The first-order chi connectivity index (χ1) is 8.71. The predicted octanol–water partition coefficient (Wildman–Crippen LogP) is 1.88. The molecular formula is C15H24BNO2. The number of hydrogen-bond acceptors (Lipinski definition) is 3. The van der Waals surface area contributed by atoms with Gasteiger partial charge in [-0.3, -0.25) is 0 Å². The molecule has 0 radical (unpaired) electrons. The van der Waals surface area contributed by atoms with Crippen molar-refractivity contribution in [3.8, 4) is 0 Å². The van der Waals surface area contributed by atoms with Crippen LogP contribution in [0.25, 0.3) is 0 Å². The second kappa shape index (κ2) is 4.93. The van der Waals surface area contributed by atoms with Crippen LogP contribution in [0.3, 0.4) is 0 Å². The molecule has 0 bridgehead atoms. The second-order valence-corrected chi connectivity index (χ2v) is 6.51. The van der Waals surface area contributed by atoms with Gasteiger partial charge in [0.05, 0.1) is 11.2 Å². The minimum Gasteiger partial charge on any atom is -0.399 e. The van der Waals surface area contributed by atoms with E-state index in [2.05, 4.69) is 39.8 Å². The number of hydrogen-bond donors (Lipinski definition) is 1. The van der Waals surface area contributed by atoms with E-state index >= 15 is 0 Å². The molecule has 104 valence electrons. The van der Waals surface area contributed by atoms with Crippen LogP contribution in [0, 0.1) is 0 Å². The lowest BCUT2D eigenvalue weighted by atomic mass is 9.78. The molecule has 1 atom stereocenters. The Kier molecular flexibility index (Phi) is 3.78. The van der Waals surface area contributed by atoms with Gasteiger partial charge in [0.25, 0.3) is 0 Å². The maximum Gasteiger partial charge on any atom is 0.494 e. The largest absolute Gasteiger partial charge is 0.494 e. The molecule has 2 N–H and O–H groups in total. The van der Waals surface area contributed by atoms with Crippen molar-refractivity contribution in [2.24, 2.45) is 5.73 Å². The highest BCUT2D eigenvalue weighted by molar-refractivity contribution is 6.62. The van der Waals surface area contributed by atoms with Crippen molar-refractivity contribution in [3.63, 3.8) is 0 Å². The van der Waals surface area contributed by atoms with Gasteiger partial charge in [0.1, 0.15) is 0 Å². The van der Waals surface area contributed by atoms with Crippen LogP contribution in [0.15, 0.2) is 24.3 Å². The van der Waals surface area contributed by atoms with Gasteiger partial charge < -0.3 is 15.0 Å². The van der Waals surface area contributed by atoms with Gasteiger partial charge in [-0.1, -0.05) is 24.3 Å². The normalized spacial score (nSPS) is 22.5. The van der Waals surface area contributed by atoms with Gasteiger partial charge in [-0.2, -0.15) is 0 Å². The van der Waals surface area contributed by atoms with E-state index in [1.807, 2.05) is 19.1 Å². The fraction of sp³-hybridized carbons (Fsp3) is 0.600. The number of rotatable bonds is 3. The van der Waals surface area contributed by atoms with E-state index in [1.54, 1.807) is 0 Å². The maximum atomic E-state index is 6.06. The van der Waals surface area contributed by atoms with Gasteiger partial charge in [-0.15, -0.1) is 0 Å². The SMILES string of the molecule is C[C@@H](N)Cc1cccc(B2OC(C)(C)C(C)(C)O2)c1. The van der Waals surface area contributed by atoms with E-state index in [1.165, 1.54) is 5.56 Å². The first-order valence-corrected chi connectivity index (χ1v) is 6.91. The van der Waals surface area contributed by atoms with Crippen molar-refractivity contribution < 1.29 is 9.31 Å². The third-order valence-corrected chi connectivity index (χ3v) is 4.03. The van der Waals surface area contributed by atoms with Gasteiger partial charge in [-0.25, -0.2) is 0 Å². The first kappa shape index (κ1) is 14.6. The molecule has 0 saturated carbocycles. The van der Waals surface area contributed by atoms with Crippen molar-refractivity contribution in [1.82, 2.24) is 0 Å². The van der Waals surface area contributed by atoms with Crippen LogP contribution in [0.2, 0.25) is 0 Å². The molecule has 0 spiro atoms. The monoisotopic (exact) mass is 261 g/mol. The summed E-state index contributed by atoms with van der Waals surface area (Å²) in [6, 6.07) is 8.47. The minimum absolute atomic E-state index is 0.161. The molecule has 1 saturated heterocycles. The third kappa shape index (κ3) is 3.02. The molecule has 0 amide bonds. The predicted molar refractivity (Wildman–Crippen MR) is 79.5 cm³/mol. The zero-order valence-electron chi connectivity index (χ0n) is 12.6. The van der Waals surface area contributed by atoms with Crippen LogP contribution >= 0.6 is 0 Å². The first-order valence-electron chi connectivity index (χ1n) is 6.91. The molecule has 1 heterocycles. The molecule has 1 aromatic carbocycles. The quantitative estimate of drug-likeness (QED) is 0.845. The molecule has 0 unspecified atom stereocenters. The van der Waals surface area contributed by atoms with Crippen molar-refractivity contribution >= 4 is 12.6 Å². The molecule has 0 aliphatic carbocycles. The highest BCUT2D eigenvalue weighted by atomic mass is 16.7. The molecule has 0 aromatic heterocycles. The average Bonchev–Trinajstić information content (AvgIpc) is 2.47. The van der Waals surface area contributed by atoms with Gasteiger partial charge in [0.15, 0.2) is 0 Å². The third-order valence-electron chi connectivity index (χ3n) is 4.03. The Morgan fingerprint density at radius 3 is 2.26 bits per heavy atom. The van der Waals surface area contributed by atoms with E-state index < -0.39 is 0 Å². The molecule has 19 heavy (non-hydrogen) atoms. The van der Waals surface area contributed by atoms with Crippen molar-refractivity contribution in [2.75, 3.05) is 0 Å². The Morgan fingerprint density at radius 2 is 1.74 bits per heavy atom. The summed E-state index contributed by atoms with van der Waals surface area (Å²) >= 11 is 0. The summed E-state index contributed by atoms with van der Waals surface area (Å²) in [6.45, 7) is 10.3. The summed E-state index contributed by atoms with van der Waals surface area (Å²) in [6.07, 6.45) is 0.868. The highest BCUT2D eigenvalue weighted by Crippen LogP contribution is 2.36. The summed E-state index contributed by atoms with van der Waals surface area (Å²) in [5, 5.41) is 0.